The Balaban J connectivity index is 1.51. The van der Waals surface area contributed by atoms with Gasteiger partial charge in [0, 0.05) is 22.7 Å². The van der Waals surface area contributed by atoms with Crippen LogP contribution in [0.5, 0.6) is 0 Å². The molecule has 0 aliphatic rings. The Labute approximate surface area is 190 Å². The number of aryl methyl sites for hydroxylation is 3. The Morgan fingerprint density at radius 2 is 1.78 bits per heavy atom. The van der Waals surface area contributed by atoms with Gasteiger partial charge in [0.25, 0.3) is 0 Å². The lowest BCUT2D eigenvalue weighted by Crippen LogP contribution is -2.05. The van der Waals surface area contributed by atoms with E-state index in [2.05, 4.69) is 69.4 Å². The largest absolute Gasteiger partial charge is 0.308 e. The average Bonchev–Trinajstić information content (AvgIpc) is 3.43. The number of nitrogens with zero attached hydrogens (tertiary/aromatic N) is 6. The number of fused-ring (bicyclic) bond motifs is 1. The van der Waals surface area contributed by atoms with E-state index in [1.54, 1.807) is 0 Å². The maximum atomic E-state index is 6.22. The zero-order valence-corrected chi connectivity index (χ0v) is 18.9. The molecule has 0 fully saturated rings. The van der Waals surface area contributed by atoms with E-state index in [-0.39, 0.29) is 0 Å². The van der Waals surface area contributed by atoms with Crippen LogP contribution < -0.4 is 0 Å². The molecule has 8 heteroatoms. The van der Waals surface area contributed by atoms with Gasteiger partial charge < -0.3 is 4.57 Å². The summed E-state index contributed by atoms with van der Waals surface area (Å²) in [7, 11) is 0. The standard InChI is InChI=1S/C24H22ClN7/c1-4-21-27-22-14(2)11-15(3)26-24(22)32(21)13-16-5-7-17(8-6-16)19-10-9-18(25)12-20(19)23-28-30-31-29-23/h5-12H,4,13H2,1-3H3,(H,28,29,30,31). The molecular formula is C24H22ClN7. The fraction of sp³-hybridized carbons (Fsp3) is 0.208. The van der Waals surface area contributed by atoms with Gasteiger partial charge in [0.1, 0.15) is 11.3 Å². The quantitative estimate of drug-likeness (QED) is 0.405. The molecular weight excluding hydrogens is 422 g/mol. The maximum Gasteiger partial charge on any atom is 0.205 e. The van der Waals surface area contributed by atoms with Crippen LogP contribution in [0.3, 0.4) is 0 Å². The van der Waals surface area contributed by atoms with E-state index in [1.807, 2.05) is 25.1 Å². The van der Waals surface area contributed by atoms with Gasteiger partial charge >= 0.3 is 0 Å². The van der Waals surface area contributed by atoms with E-state index in [0.717, 1.165) is 51.4 Å². The Bertz CT molecular complexity index is 1400. The van der Waals surface area contributed by atoms with Crippen LogP contribution in [-0.2, 0) is 13.0 Å². The van der Waals surface area contributed by atoms with Crippen LogP contribution in [0.2, 0.25) is 5.02 Å². The minimum atomic E-state index is 0.515. The topological polar surface area (TPSA) is 85.2 Å². The molecule has 7 nitrogen and oxygen atoms in total. The number of hydrogen-bond donors (Lipinski definition) is 1. The first-order valence-electron chi connectivity index (χ1n) is 10.5. The number of nitrogens with one attached hydrogen (secondary N) is 1. The molecule has 2 aromatic carbocycles. The molecule has 0 saturated carbocycles. The van der Waals surface area contributed by atoms with Crippen molar-refractivity contribution in [3.8, 4) is 22.5 Å². The Morgan fingerprint density at radius 1 is 0.969 bits per heavy atom. The first kappa shape index (κ1) is 20.3. The number of H-pyrrole nitrogens is 1. The maximum absolute atomic E-state index is 6.22. The van der Waals surface area contributed by atoms with Gasteiger partial charge in [-0.05, 0) is 59.5 Å². The van der Waals surface area contributed by atoms with Crippen molar-refractivity contribution in [2.24, 2.45) is 0 Å². The molecule has 0 unspecified atom stereocenters. The molecule has 0 aliphatic heterocycles. The highest BCUT2D eigenvalue weighted by atomic mass is 35.5. The van der Waals surface area contributed by atoms with Gasteiger partial charge in [0.15, 0.2) is 5.65 Å². The lowest BCUT2D eigenvalue weighted by atomic mass is 9.98. The molecule has 0 radical (unpaired) electrons. The molecule has 1 N–H and O–H groups in total. The number of rotatable bonds is 5. The summed E-state index contributed by atoms with van der Waals surface area (Å²) in [4.78, 5) is 9.63. The van der Waals surface area contributed by atoms with Gasteiger partial charge in [-0.15, -0.1) is 10.2 Å². The third kappa shape index (κ3) is 3.65. The van der Waals surface area contributed by atoms with Gasteiger partial charge in [-0.2, -0.15) is 5.21 Å². The molecule has 0 atom stereocenters. The van der Waals surface area contributed by atoms with E-state index in [9.17, 15) is 0 Å². The number of halogens is 1. The molecule has 0 spiro atoms. The second kappa shape index (κ2) is 8.16. The van der Waals surface area contributed by atoms with Crippen LogP contribution >= 0.6 is 11.6 Å². The van der Waals surface area contributed by atoms with Gasteiger partial charge in [-0.1, -0.05) is 48.9 Å². The highest BCUT2D eigenvalue weighted by Crippen LogP contribution is 2.32. The number of aromatic amines is 1. The van der Waals surface area contributed by atoms with Crippen LogP contribution in [0, 0.1) is 13.8 Å². The number of pyridine rings is 1. The molecule has 160 valence electrons. The smallest absolute Gasteiger partial charge is 0.205 e. The number of tetrazole rings is 1. The summed E-state index contributed by atoms with van der Waals surface area (Å²) in [5, 5.41) is 15.1. The molecule has 5 rings (SSSR count). The molecule has 3 heterocycles. The first-order valence-corrected chi connectivity index (χ1v) is 10.9. The van der Waals surface area contributed by atoms with Crippen LogP contribution in [-0.4, -0.2) is 35.2 Å². The number of benzene rings is 2. The molecule has 32 heavy (non-hydrogen) atoms. The zero-order valence-electron chi connectivity index (χ0n) is 18.1. The van der Waals surface area contributed by atoms with Crippen LogP contribution in [0.1, 0.15) is 29.6 Å². The summed E-state index contributed by atoms with van der Waals surface area (Å²) in [5.41, 5.74) is 8.16. The van der Waals surface area contributed by atoms with Crippen molar-refractivity contribution >= 4 is 22.8 Å². The Hall–Kier alpha value is -3.58. The Kier molecular flexibility index (Phi) is 5.19. The fourth-order valence-corrected chi connectivity index (χ4v) is 4.26. The second-order valence-corrected chi connectivity index (χ2v) is 8.28. The molecule has 0 aliphatic carbocycles. The van der Waals surface area contributed by atoms with Gasteiger partial charge in [-0.25, -0.2) is 9.97 Å². The van der Waals surface area contributed by atoms with Crippen molar-refractivity contribution in [2.45, 2.75) is 33.7 Å². The molecule has 3 aromatic heterocycles. The van der Waals surface area contributed by atoms with Crippen LogP contribution in [0.4, 0.5) is 0 Å². The minimum Gasteiger partial charge on any atom is -0.308 e. The van der Waals surface area contributed by atoms with Gasteiger partial charge in [0.2, 0.25) is 5.82 Å². The highest BCUT2D eigenvalue weighted by molar-refractivity contribution is 6.31. The van der Waals surface area contributed by atoms with Crippen molar-refractivity contribution in [1.82, 2.24) is 35.2 Å². The van der Waals surface area contributed by atoms with Crippen LogP contribution in [0.25, 0.3) is 33.7 Å². The van der Waals surface area contributed by atoms with Gasteiger partial charge in [-0.3, -0.25) is 0 Å². The summed E-state index contributed by atoms with van der Waals surface area (Å²) in [6, 6.07) is 16.3. The minimum absolute atomic E-state index is 0.515. The predicted molar refractivity (Wildman–Crippen MR) is 126 cm³/mol. The summed E-state index contributed by atoms with van der Waals surface area (Å²) < 4.78 is 2.22. The lowest BCUT2D eigenvalue weighted by molar-refractivity contribution is 0.745. The van der Waals surface area contributed by atoms with E-state index >= 15 is 0 Å². The molecule has 0 saturated heterocycles. The van der Waals surface area contributed by atoms with E-state index < -0.39 is 0 Å². The number of aromatic nitrogens is 7. The van der Waals surface area contributed by atoms with Crippen LogP contribution in [0.15, 0.2) is 48.5 Å². The fourth-order valence-electron chi connectivity index (χ4n) is 4.09. The summed E-state index contributed by atoms with van der Waals surface area (Å²) in [6.07, 6.45) is 0.853. The number of hydrogen-bond acceptors (Lipinski definition) is 5. The monoisotopic (exact) mass is 443 g/mol. The second-order valence-electron chi connectivity index (χ2n) is 7.84. The van der Waals surface area contributed by atoms with Crippen molar-refractivity contribution in [1.29, 1.82) is 0 Å². The third-order valence-electron chi connectivity index (χ3n) is 5.59. The number of imidazole rings is 1. The van der Waals surface area contributed by atoms with E-state index in [4.69, 9.17) is 21.6 Å². The first-order chi connectivity index (χ1) is 15.5. The zero-order chi connectivity index (χ0) is 22.2. The van der Waals surface area contributed by atoms with Crippen molar-refractivity contribution in [3.63, 3.8) is 0 Å². The Morgan fingerprint density at radius 3 is 2.50 bits per heavy atom. The molecule has 5 aromatic rings. The van der Waals surface area contributed by atoms with Crippen molar-refractivity contribution < 1.29 is 0 Å². The van der Waals surface area contributed by atoms with Crippen molar-refractivity contribution in [2.75, 3.05) is 0 Å². The normalized spacial score (nSPS) is 11.4. The SMILES string of the molecule is CCc1nc2c(C)cc(C)nc2n1Cc1ccc(-c2ccc(Cl)cc2-c2nn[nH]n2)cc1. The van der Waals surface area contributed by atoms with Gasteiger partial charge in [0.05, 0.1) is 6.54 Å². The summed E-state index contributed by atoms with van der Waals surface area (Å²) in [6.45, 7) is 6.96. The lowest BCUT2D eigenvalue weighted by Gasteiger charge is -2.11. The highest BCUT2D eigenvalue weighted by Gasteiger charge is 2.15. The van der Waals surface area contributed by atoms with E-state index in [1.165, 1.54) is 5.56 Å². The summed E-state index contributed by atoms with van der Waals surface area (Å²) in [5.74, 6) is 1.56. The van der Waals surface area contributed by atoms with Crippen molar-refractivity contribution in [3.05, 3.63) is 76.2 Å². The average molecular weight is 444 g/mol. The summed E-state index contributed by atoms with van der Waals surface area (Å²) >= 11 is 6.22. The molecule has 0 bridgehead atoms. The third-order valence-corrected chi connectivity index (χ3v) is 5.83. The predicted octanol–water partition coefficient (Wildman–Crippen LogP) is 5.16. The molecule has 0 amide bonds. The van der Waals surface area contributed by atoms with E-state index in [0.29, 0.717) is 17.4 Å².